The Hall–Kier alpha value is -3.75. The molecule has 2 aliphatic carbocycles. The summed E-state index contributed by atoms with van der Waals surface area (Å²) in [7, 11) is -1.96. The second-order valence-electron chi connectivity index (χ2n) is 14.5. The number of nitriles is 1. The molecule has 2 fully saturated rings. The van der Waals surface area contributed by atoms with E-state index in [-0.39, 0.29) is 22.9 Å². The normalized spacial score (nSPS) is 19.7. The molecule has 2 aromatic heterocycles. The van der Waals surface area contributed by atoms with Crippen LogP contribution < -0.4 is 10.6 Å². The number of carbonyl (C=O) groups is 1. The van der Waals surface area contributed by atoms with Gasteiger partial charge in [-0.15, -0.1) is 0 Å². The Morgan fingerprint density at radius 1 is 1.23 bits per heavy atom. The van der Waals surface area contributed by atoms with Crippen LogP contribution in [0.2, 0.25) is 18.1 Å². The third-order valence-corrected chi connectivity index (χ3v) is 14.1. The number of benzene rings is 1. The van der Waals surface area contributed by atoms with E-state index in [4.69, 9.17) is 9.41 Å². The predicted molar refractivity (Wildman–Crippen MR) is 174 cm³/mol. The number of nitrogens with zero attached hydrogens (tertiary/aromatic N) is 6. The Balaban J connectivity index is 1.25. The molecule has 0 unspecified atom stereocenters. The monoisotopic (exact) mass is 612 g/mol. The molecule has 0 radical (unpaired) electrons. The summed E-state index contributed by atoms with van der Waals surface area (Å²) in [5.74, 6) is 1.19. The lowest BCUT2D eigenvalue weighted by atomic mass is 9.83. The number of hydrogen-bond donors (Lipinski definition) is 2. The van der Waals surface area contributed by atoms with E-state index in [1.54, 1.807) is 10.9 Å². The van der Waals surface area contributed by atoms with Gasteiger partial charge in [-0.05, 0) is 74.5 Å². The molecule has 3 aromatic rings. The molecule has 0 saturated heterocycles. The number of hydrogen-bond acceptors (Lipinski definition) is 8. The third-order valence-electron chi connectivity index (χ3n) is 9.67. The van der Waals surface area contributed by atoms with Crippen LogP contribution >= 0.6 is 0 Å². The van der Waals surface area contributed by atoms with Crippen LogP contribution in [0.25, 0.3) is 11.3 Å². The first kappa shape index (κ1) is 30.3. The molecule has 1 aromatic carbocycles. The Bertz CT molecular complexity index is 1620. The van der Waals surface area contributed by atoms with Crippen molar-refractivity contribution in [2.75, 3.05) is 23.8 Å². The lowest BCUT2D eigenvalue weighted by molar-refractivity contribution is -0.133. The second-order valence-corrected chi connectivity index (χ2v) is 19.3. The molecule has 232 valence electrons. The van der Waals surface area contributed by atoms with Crippen LogP contribution in [0.5, 0.6) is 0 Å². The quantitative estimate of drug-likeness (QED) is 0.263. The summed E-state index contributed by atoms with van der Waals surface area (Å²) in [6.45, 7) is 16.9. The van der Waals surface area contributed by atoms with Gasteiger partial charge in [0.1, 0.15) is 18.4 Å². The van der Waals surface area contributed by atoms with E-state index in [1.165, 1.54) is 0 Å². The first-order valence-electron chi connectivity index (χ1n) is 15.7. The predicted octanol–water partition coefficient (Wildman–Crippen LogP) is 6.12. The SMILES string of the molecule is Cc1cc(Nc2nccc(-c3cc(C#N)c4c(c3)[C@@](C)(CO[Si](C)(C)C(C)(C)C)CN4)n2)n(CC(=O)N(C2CC2)C2CC2)n1. The van der Waals surface area contributed by atoms with Gasteiger partial charge in [0.15, 0.2) is 8.32 Å². The lowest BCUT2D eigenvalue weighted by Crippen LogP contribution is -2.45. The van der Waals surface area contributed by atoms with Crippen molar-refractivity contribution in [1.82, 2.24) is 24.6 Å². The van der Waals surface area contributed by atoms with Gasteiger partial charge in [0.25, 0.3) is 0 Å². The van der Waals surface area contributed by atoms with Crippen molar-refractivity contribution in [2.45, 2.75) is 102 Å². The molecule has 6 rings (SSSR count). The third kappa shape index (κ3) is 5.97. The van der Waals surface area contributed by atoms with Crippen LogP contribution in [0.1, 0.15) is 70.2 Å². The number of aromatic nitrogens is 4. The van der Waals surface area contributed by atoms with Gasteiger partial charge in [-0.1, -0.05) is 27.7 Å². The summed E-state index contributed by atoms with van der Waals surface area (Å²) in [4.78, 5) is 24.6. The Labute approximate surface area is 261 Å². The van der Waals surface area contributed by atoms with Crippen LogP contribution in [0.4, 0.5) is 17.5 Å². The number of fused-ring (bicyclic) bond motifs is 1. The molecule has 2 N–H and O–H groups in total. The van der Waals surface area contributed by atoms with Crippen molar-refractivity contribution in [1.29, 1.82) is 5.26 Å². The smallest absolute Gasteiger partial charge is 0.244 e. The molecule has 2 saturated carbocycles. The summed E-state index contributed by atoms with van der Waals surface area (Å²) >= 11 is 0. The molecule has 1 amide bonds. The van der Waals surface area contributed by atoms with E-state index in [0.717, 1.165) is 48.2 Å². The second kappa shape index (κ2) is 11.0. The standard InChI is InChI=1S/C33H44N8O2Si/c1-21-14-28(40(39-21)18-29(42)41(24-8-9-24)25-10-11-25)38-31-35-13-12-27(37-31)22-15-23(17-34)30-26(16-22)33(5,19-36-30)20-43-44(6,7)32(2,3)4/h12-16,24-25,36H,8-11,18-20H2,1-7H3,(H,35,37,38)/t33-/m1/s1. The average molecular weight is 613 g/mol. The molecule has 3 aliphatic rings. The highest BCUT2D eigenvalue weighted by atomic mass is 28.4. The van der Waals surface area contributed by atoms with Crippen LogP contribution in [0.15, 0.2) is 30.5 Å². The topological polar surface area (TPSA) is 121 Å². The molecule has 1 aliphatic heterocycles. The summed E-state index contributed by atoms with van der Waals surface area (Å²) in [5, 5.41) is 21.6. The highest BCUT2D eigenvalue weighted by Gasteiger charge is 2.43. The summed E-state index contributed by atoms with van der Waals surface area (Å²) in [6.07, 6.45) is 6.10. The van der Waals surface area contributed by atoms with Gasteiger partial charge in [-0.25, -0.2) is 14.6 Å². The van der Waals surface area contributed by atoms with E-state index in [0.29, 0.717) is 48.3 Å². The van der Waals surface area contributed by atoms with Gasteiger partial charge in [-0.3, -0.25) is 4.79 Å². The van der Waals surface area contributed by atoms with Crippen molar-refractivity contribution in [3.05, 3.63) is 47.3 Å². The largest absolute Gasteiger partial charge is 0.416 e. The van der Waals surface area contributed by atoms with E-state index in [2.05, 4.69) is 78.5 Å². The minimum atomic E-state index is -1.96. The van der Waals surface area contributed by atoms with Crippen LogP contribution in [0.3, 0.4) is 0 Å². The van der Waals surface area contributed by atoms with Gasteiger partial charge in [0.05, 0.1) is 22.6 Å². The number of carbonyl (C=O) groups excluding carboxylic acids is 1. The van der Waals surface area contributed by atoms with Gasteiger partial charge in [0, 0.05) is 48.5 Å². The van der Waals surface area contributed by atoms with E-state index < -0.39 is 8.32 Å². The molecule has 10 nitrogen and oxygen atoms in total. The molecular weight excluding hydrogens is 569 g/mol. The fraction of sp³-hybridized carbons (Fsp3) is 0.545. The highest BCUT2D eigenvalue weighted by Crippen LogP contribution is 2.44. The van der Waals surface area contributed by atoms with Crippen molar-refractivity contribution >= 4 is 31.7 Å². The number of rotatable bonds is 10. The molecule has 0 spiro atoms. The van der Waals surface area contributed by atoms with Gasteiger partial charge in [0.2, 0.25) is 11.9 Å². The maximum absolute atomic E-state index is 13.3. The minimum absolute atomic E-state index is 0.108. The van der Waals surface area contributed by atoms with Crippen LogP contribution in [-0.2, 0) is 21.2 Å². The van der Waals surface area contributed by atoms with Crippen molar-refractivity contribution < 1.29 is 9.22 Å². The maximum atomic E-state index is 13.3. The Kier molecular flexibility index (Phi) is 7.57. The molecule has 1 atom stereocenters. The summed E-state index contributed by atoms with van der Waals surface area (Å²) in [5.41, 5.74) is 4.61. The minimum Gasteiger partial charge on any atom is -0.416 e. The zero-order chi connectivity index (χ0) is 31.4. The zero-order valence-corrected chi connectivity index (χ0v) is 28.0. The number of amides is 1. The first-order chi connectivity index (χ1) is 20.8. The summed E-state index contributed by atoms with van der Waals surface area (Å²) < 4.78 is 8.39. The molecular formula is C33H44N8O2Si. The molecule has 3 heterocycles. The number of anilines is 3. The fourth-order valence-electron chi connectivity index (χ4n) is 5.69. The van der Waals surface area contributed by atoms with Crippen molar-refractivity contribution in [3.8, 4) is 17.3 Å². The maximum Gasteiger partial charge on any atom is 0.244 e. The average Bonchev–Trinajstić information content (AvgIpc) is 3.91. The number of aryl methyl sites for hydroxylation is 1. The zero-order valence-electron chi connectivity index (χ0n) is 27.0. The summed E-state index contributed by atoms with van der Waals surface area (Å²) in [6, 6.07) is 11.0. The molecule has 0 bridgehead atoms. The van der Waals surface area contributed by atoms with Gasteiger partial charge >= 0.3 is 0 Å². The Morgan fingerprint density at radius 3 is 2.57 bits per heavy atom. The molecule has 44 heavy (non-hydrogen) atoms. The van der Waals surface area contributed by atoms with E-state index >= 15 is 0 Å². The Morgan fingerprint density at radius 2 is 1.93 bits per heavy atom. The lowest BCUT2D eigenvalue weighted by Gasteiger charge is -2.39. The van der Waals surface area contributed by atoms with Crippen LogP contribution in [-0.4, -0.2) is 64.1 Å². The number of nitrogens with one attached hydrogen (secondary N) is 2. The van der Waals surface area contributed by atoms with Crippen molar-refractivity contribution in [2.24, 2.45) is 0 Å². The van der Waals surface area contributed by atoms with Gasteiger partial charge in [-0.2, -0.15) is 10.4 Å². The van der Waals surface area contributed by atoms with Crippen molar-refractivity contribution in [3.63, 3.8) is 0 Å². The van der Waals surface area contributed by atoms with Crippen LogP contribution in [0, 0.1) is 18.3 Å². The van der Waals surface area contributed by atoms with E-state index in [1.807, 2.05) is 25.1 Å². The van der Waals surface area contributed by atoms with E-state index in [9.17, 15) is 10.1 Å². The molecule has 11 heteroatoms. The highest BCUT2D eigenvalue weighted by molar-refractivity contribution is 6.74. The van der Waals surface area contributed by atoms with Gasteiger partial charge < -0.3 is 20.0 Å². The first-order valence-corrected chi connectivity index (χ1v) is 18.6. The fourth-order valence-corrected chi connectivity index (χ4v) is 6.80.